The molecule has 2 atom stereocenters. The zero-order valence-corrected chi connectivity index (χ0v) is 42.4. The van der Waals surface area contributed by atoms with Gasteiger partial charge in [0, 0.05) is 0 Å². The van der Waals surface area contributed by atoms with Crippen molar-refractivity contribution >= 4 is 23.9 Å². The summed E-state index contributed by atoms with van der Waals surface area (Å²) in [7, 11) is 0. The lowest BCUT2D eigenvalue weighted by Gasteiger charge is -2.13. The van der Waals surface area contributed by atoms with E-state index in [2.05, 4.69) is 13.8 Å². The minimum Gasteiger partial charge on any atom is -0.494 e. The summed E-state index contributed by atoms with van der Waals surface area (Å²) < 4.78 is 34.3. The van der Waals surface area contributed by atoms with Gasteiger partial charge in [0.25, 0.3) is 0 Å². The third kappa shape index (κ3) is 17.9. The zero-order chi connectivity index (χ0) is 50.9. The summed E-state index contributed by atoms with van der Waals surface area (Å²) in [5.41, 5.74) is 5.60. The number of hydrogen-bond acceptors (Lipinski definition) is 10. The molecule has 0 bridgehead atoms. The normalized spacial score (nSPS) is 11.8. The predicted molar refractivity (Wildman–Crippen MR) is 283 cm³/mol. The average Bonchev–Trinajstić information content (AvgIpc) is 3.40. The van der Waals surface area contributed by atoms with E-state index < -0.39 is 11.9 Å². The number of carbonyl (C=O) groups is 4. The minimum absolute atomic E-state index is 0.114. The molecule has 72 heavy (non-hydrogen) atoms. The Morgan fingerprint density at radius 2 is 0.611 bits per heavy atom. The fourth-order valence-corrected chi connectivity index (χ4v) is 8.01. The van der Waals surface area contributed by atoms with Crippen LogP contribution < -0.4 is 18.9 Å². The highest BCUT2D eigenvalue weighted by molar-refractivity contribution is 5.93. The summed E-state index contributed by atoms with van der Waals surface area (Å²) in [6, 6.07) is 43.0. The molecule has 0 aliphatic rings. The van der Waals surface area contributed by atoms with Crippen molar-refractivity contribution in [2.75, 3.05) is 13.2 Å². The van der Waals surface area contributed by atoms with Gasteiger partial charge in [-0.2, -0.15) is 0 Å². The van der Waals surface area contributed by atoms with Gasteiger partial charge in [0.1, 0.15) is 23.0 Å². The maximum absolute atomic E-state index is 12.9. The van der Waals surface area contributed by atoms with E-state index in [1.54, 1.807) is 97.1 Å². The van der Waals surface area contributed by atoms with Gasteiger partial charge in [-0.15, -0.1) is 0 Å². The summed E-state index contributed by atoms with van der Waals surface area (Å²) in [5.74, 6) is 0.663. The highest BCUT2D eigenvalue weighted by atomic mass is 16.6. The number of benzene rings is 6. The lowest BCUT2D eigenvalue weighted by molar-refractivity contribution is 0.0309. The van der Waals surface area contributed by atoms with Gasteiger partial charge in [0.2, 0.25) is 0 Å². The van der Waals surface area contributed by atoms with Crippen molar-refractivity contribution in [2.45, 2.75) is 130 Å². The van der Waals surface area contributed by atoms with E-state index in [1.807, 2.05) is 62.4 Å². The van der Waals surface area contributed by atoms with Crippen LogP contribution in [0.5, 0.6) is 23.0 Å². The largest absolute Gasteiger partial charge is 0.494 e. The molecule has 10 nitrogen and oxygen atoms in total. The summed E-state index contributed by atoms with van der Waals surface area (Å²) >= 11 is 0. The van der Waals surface area contributed by atoms with E-state index in [-0.39, 0.29) is 24.1 Å². The number of unbranched alkanes of at least 4 members (excludes halogenated alkanes) is 9. The zero-order valence-electron chi connectivity index (χ0n) is 42.4. The molecule has 378 valence electrons. The lowest BCUT2D eigenvalue weighted by Crippen LogP contribution is -2.15. The van der Waals surface area contributed by atoms with Crippen LogP contribution in [0.2, 0.25) is 0 Å². The van der Waals surface area contributed by atoms with Crippen molar-refractivity contribution in [3.8, 4) is 45.3 Å². The molecule has 0 N–H and O–H groups in total. The fraction of sp³-hybridized carbons (Fsp3) is 0.355. The smallest absolute Gasteiger partial charge is 0.343 e. The second kappa shape index (κ2) is 29.2. The second-order valence-electron chi connectivity index (χ2n) is 18.3. The Kier molecular flexibility index (Phi) is 22.0. The number of hydrogen-bond donors (Lipinski definition) is 0. The van der Waals surface area contributed by atoms with Crippen LogP contribution in [-0.4, -0.2) is 49.3 Å². The van der Waals surface area contributed by atoms with Crippen LogP contribution in [0.15, 0.2) is 146 Å². The topological polar surface area (TPSA) is 124 Å². The van der Waals surface area contributed by atoms with Gasteiger partial charge >= 0.3 is 23.9 Å². The van der Waals surface area contributed by atoms with Crippen LogP contribution in [0.3, 0.4) is 0 Å². The van der Waals surface area contributed by atoms with Crippen LogP contribution in [0, 0.1) is 0 Å². The molecular formula is C62H70O10. The van der Waals surface area contributed by atoms with Gasteiger partial charge in [-0.3, -0.25) is 0 Å². The van der Waals surface area contributed by atoms with Crippen molar-refractivity contribution in [1.29, 1.82) is 0 Å². The first-order valence-electron chi connectivity index (χ1n) is 25.8. The molecule has 0 saturated heterocycles. The molecule has 0 aliphatic carbocycles. The molecule has 0 aromatic heterocycles. The first kappa shape index (κ1) is 54.1. The Balaban J connectivity index is 0.816. The summed E-state index contributed by atoms with van der Waals surface area (Å²) in [5, 5.41) is 0. The Morgan fingerprint density at radius 3 is 0.944 bits per heavy atom. The van der Waals surface area contributed by atoms with Crippen LogP contribution in [-0.2, 0) is 9.47 Å². The van der Waals surface area contributed by atoms with E-state index in [1.165, 1.54) is 25.7 Å². The second-order valence-corrected chi connectivity index (χ2v) is 18.3. The first-order valence-corrected chi connectivity index (χ1v) is 25.8. The Hall–Kier alpha value is -7.20. The quantitative estimate of drug-likeness (QED) is 0.0255. The standard InChI is InChI=1S/C62H70O10/c1-5-7-9-13-17-45(3)69-59(63)51-23-19-47(20-24-51)49-27-39-57(40-28-49)71-61(65)53-31-35-55(36-32-53)67-43-15-11-12-16-44-68-56-37-33-54(34-38-56)62(66)72-58-41-29-50(30-42-58)48-21-25-52(26-22-48)60(64)70-46(4)18-14-10-8-6-2/h19-42,45-46H,5-18,43-44H2,1-4H3/t45-,46-/m1/s1. The molecule has 0 amide bonds. The van der Waals surface area contributed by atoms with Crippen molar-refractivity contribution in [3.63, 3.8) is 0 Å². The average molecular weight is 975 g/mol. The number of rotatable bonds is 29. The molecule has 0 fully saturated rings. The third-order valence-corrected chi connectivity index (χ3v) is 12.3. The van der Waals surface area contributed by atoms with Gasteiger partial charge in [0.15, 0.2) is 0 Å². The van der Waals surface area contributed by atoms with Crippen LogP contribution in [0.4, 0.5) is 0 Å². The summed E-state index contributed by atoms with van der Waals surface area (Å²) in [6.07, 6.45) is 14.4. The van der Waals surface area contributed by atoms with E-state index >= 15 is 0 Å². The summed E-state index contributed by atoms with van der Waals surface area (Å²) in [4.78, 5) is 51.0. The highest BCUT2D eigenvalue weighted by Crippen LogP contribution is 2.27. The Labute approximate surface area is 426 Å². The first-order chi connectivity index (χ1) is 35.1. The molecule has 6 aromatic rings. The fourth-order valence-electron chi connectivity index (χ4n) is 8.01. The van der Waals surface area contributed by atoms with Crippen molar-refractivity contribution in [2.24, 2.45) is 0 Å². The molecule has 6 rings (SSSR count). The van der Waals surface area contributed by atoms with Gasteiger partial charge in [-0.1, -0.05) is 101 Å². The number of carbonyl (C=O) groups excluding carboxylic acids is 4. The maximum Gasteiger partial charge on any atom is 0.343 e. The van der Waals surface area contributed by atoms with E-state index in [0.29, 0.717) is 58.5 Å². The van der Waals surface area contributed by atoms with Gasteiger partial charge in [-0.05, 0) is 185 Å². The van der Waals surface area contributed by atoms with Crippen LogP contribution >= 0.6 is 0 Å². The molecule has 10 heteroatoms. The number of ether oxygens (including phenoxy) is 6. The Bertz CT molecular complexity index is 2380. The monoisotopic (exact) mass is 974 g/mol. The molecule has 0 unspecified atom stereocenters. The molecular weight excluding hydrogens is 905 g/mol. The molecule has 0 saturated carbocycles. The van der Waals surface area contributed by atoms with Gasteiger partial charge in [-0.25, -0.2) is 19.2 Å². The van der Waals surface area contributed by atoms with E-state index in [4.69, 9.17) is 28.4 Å². The maximum atomic E-state index is 12.9. The highest BCUT2D eigenvalue weighted by Gasteiger charge is 2.16. The molecule has 6 aromatic carbocycles. The Morgan fingerprint density at radius 1 is 0.333 bits per heavy atom. The molecule has 0 radical (unpaired) electrons. The molecule has 0 aliphatic heterocycles. The van der Waals surface area contributed by atoms with Crippen molar-refractivity contribution < 1.29 is 47.6 Å². The summed E-state index contributed by atoms with van der Waals surface area (Å²) in [6.45, 7) is 9.35. The molecule has 0 spiro atoms. The minimum atomic E-state index is -0.463. The third-order valence-electron chi connectivity index (χ3n) is 12.3. The predicted octanol–water partition coefficient (Wildman–Crippen LogP) is 15.5. The van der Waals surface area contributed by atoms with Crippen LogP contribution in [0.25, 0.3) is 22.3 Å². The molecule has 0 heterocycles. The van der Waals surface area contributed by atoms with Crippen LogP contribution in [0.1, 0.15) is 159 Å². The van der Waals surface area contributed by atoms with Gasteiger partial charge in [0.05, 0.1) is 47.7 Å². The van der Waals surface area contributed by atoms with Crippen molar-refractivity contribution in [1.82, 2.24) is 0 Å². The van der Waals surface area contributed by atoms with E-state index in [0.717, 1.165) is 86.5 Å². The number of esters is 4. The van der Waals surface area contributed by atoms with Crippen molar-refractivity contribution in [3.05, 3.63) is 168 Å². The SMILES string of the molecule is CCCCCC[C@@H](C)OC(=O)c1ccc(-c2ccc(OC(=O)c3ccc(OCCCCCCOc4ccc(C(=O)Oc5ccc(-c6ccc(C(=O)O[C@H](C)CCCCCC)cc6)cc5)cc4)cc3)cc2)cc1. The lowest BCUT2D eigenvalue weighted by atomic mass is 10.0. The van der Waals surface area contributed by atoms with Gasteiger partial charge < -0.3 is 28.4 Å². The van der Waals surface area contributed by atoms with E-state index in [9.17, 15) is 19.2 Å².